The Morgan fingerprint density at radius 3 is 1.14 bits per heavy atom. The Morgan fingerprint density at radius 2 is 0.786 bits per heavy atom. The third-order valence-corrected chi connectivity index (χ3v) is 21.1. The standard InChI is InChI=1S/C19H22BN3O5.C19H20ClN3O3.C17H18ClN3O2.C17H16ClN3O2.C2H6.CH4/c1-12(24)28-11-14-15(20(26)27)6-7-21-18(14)23-9-8-22-16-5-3-2-4-13(16)10-17(22)19(23)25;1-12(24)26-11-14-15(20)6-7-21-18(14)23-9-8-22-16-5-3-2-4-13(16)10-17(22)19(23)25;2*18-13-5-6-19-16(12(13)10-22)21-8-7-20-14-4-2-1-3-11(14)9-15(20)17(21)23;1-2;/h6-7,10,26-27H,2-5,8-9,11H2,1H3;6-7,10H,2-5,8-9,11H2,1H3;5-6,9,22H,1-4,7-8,10H2;5-6,9-10H,1-4,7-8H2;1-2H3;1H4/i;;;;1D;. The lowest BCUT2D eigenvalue weighted by molar-refractivity contribution is -0.143. The van der Waals surface area contributed by atoms with Crippen LogP contribution in [0.1, 0.15) is 202 Å². The molecular weight excluding hydrogens is 1380 g/mol. The van der Waals surface area contributed by atoms with Gasteiger partial charge >= 0.3 is 19.1 Å². The Hall–Kier alpha value is -8.98. The lowest BCUT2D eigenvalue weighted by atomic mass is 9.77. The SMILES string of the molecule is C.CC(=O)OCc1c(B(O)O)ccnc1N1CCn2c(cc3c2CCCC3)C1=O.CC(=O)OCc1c(Cl)ccnc1N1CCn2c(cc3c2CCCC3)C1=O.O=C1c2cc3c(n2CCN1c1nccc(Cl)c1CO)CCCC3.O=Cc1c(Cl)ccnc1N1CCn2c(cc3c2CCCC3)C1=O.[2H]CC. The normalized spacial score (nSPS) is 16.2. The lowest BCUT2D eigenvalue weighted by Gasteiger charge is -2.30. The summed E-state index contributed by atoms with van der Waals surface area (Å²) >= 11 is 18.5. The average Bonchev–Trinajstić information content (AvgIpc) is 1.60. The van der Waals surface area contributed by atoms with Crippen molar-refractivity contribution in [3.05, 3.63) is 178 Å². The van der Waals surface area contributed by atoms with Crippen molar-refractivity contribution in [2.24, 2.45) is 0 Å². The number of anilines is 4. The van der Waals surface area contributed by atoms with Gasteiger partial charge in [-0.25, -0.2) is 19.9 Å². The molecule has 24 nitrogen and oxygen atoms in total. The van der Waals surface area contributed by atoms with Crippen LogP contribution in [0.3, 0.4) is 0 Å². The van der Waals surface area contributed by atoms with Crippen LogP contribution in [-0.4, -0.2) is 129 Å². The summed E-state index contributed by atoms with van der Waals surface area (Å²) in [7, 11) is -1.76. The number of halogens is 3. The summed E-state index contributed by atoms with van der Waals surface area (Å²) in [5.41, 5.74) is 14.9. The van der Waals surface area contributed by atoms with E-state index in [0.717, 1.165) is 89.5 Å². The zero-order valence-electron chi connectivity index (χ0n) is 58.4. The van der Waals surface area contributed by atoms with E-state index in [0.29, 0.717) is 118 Å². The van der Waals surface area contributed by atoms with Crippen molar-refractivity contribution in [2.75, 3.05) is 45.8 Å². The number of aliphatic hydroxyl groups is 1. The summed E-state index contributed by atoms with van der Waals surface area (Å²) in [6, 6.07) is 14.3. The van der Waals surface area contributed by atoms with Gasteiger partial charge in [-0.2, -0.15) is 0 Å². The van der Waals surface area contributed by atoms with E-state index < -0.39 is 19.1 Å². The number of aliphatic hydroxyl groups excluding tert-OH is 1. The van der Waals surface area contributed by atoms with E-state index in [1.54, 1.807) is 52.2 Å². The van der Waals surface area contributed by atoms with E-state index in [9.17, 15) is 48.7 Å². The summed E-state index contributed by atoms with van der Waals surface area (Å²) in [5.74, 6) is 0.252. The monoisotopic (exact) mass is 1460 g/mol. The Labute approximate surface area is 615 Å². The number of aldehydes is 1. The second-order valence-electron chi connectivity index (χ2n) is 25.9. The third kappa shape index (κ3) is 15.2. The molecule has 0 bridgehead atoms. The molecule has 4 aliphatic carbocycles. The van der Waals surface area contributed by atoms with Crippen LogP contribution in [0.15, 0.2) is 73.3 Å². The molecule has 12 heterocycles. The number of amides is 4. The molecule has 0 aromatic carbocycles. The maximum absolute atomic E-state index is 13.2. The highest BCUT2D eigenvalue weighted by molar-refractivity contribution is 6.59. The van der Waals surface area contributed by atoms with Crippen molar-refractivity contribution in [1.82, 2.24) is 38.2 Å². The molecule has 0 fully saturated rings. The first-order chi connectivity index (χ1) is 49.8. The van der Waals surface area contributed by atoms with Gasteiger partial charge in [0.05, 0.1) is 32.8 Å². The van der Waals surface area contributed by atoms with Crippen molar-refractivity contribution in [3.8, 4) is 0 Å². The third-order valence-electron chi connectivity index (χ3n) is 20.0. The van der Waals surface area contributed by atoms with Crippen LogP contribution >= 0.6 is 34.8 Å². The number of fused-ring (bicyclic) bond motifs is 12. The number of hydrogen-bond acceptors (Lipinski definition) is 16. The van der Waals surface area contributed by atoms with Gasteiger partial charge < -0.3 is 42.9 Å². The number of esters is 2. The van der Waals surface area contributed by atoms with Gasteiger partial charge in [0, 0.05) is 126 Å². The number of nitrogens with zero attached hydrogens (tertiary/aromatic N) is 12. The summed E-state index contributed by atoms with van der Waals surface area (Å²) in [4.78, 5) is 110. The van der Waals surface area contributed by atoms with Gasteiger partial charge in [-0.05, 0) is 179 Å². The number of hydrogen-bond donors (Lipinski definition) is 3. The van der Waals surface area contributed by atoms with E-state index in [2.05, 4.69) is 38.2 Å². The predicted molar refractivity (Wildman–Crippen MR) is 393 cm³/mol. The fourth-order valence-electron chi connectivity index (χ4n) is 15.2. The second kappa shape index (κ2) is 33.2. The number of ether oxygens (including phenoxy) is 2. The number of aryl methyl sites for hydroxylation is 4. The van der Waals surface area contributed by atoms with E-state index in [1.165, 1.54) is 121 Å². The minimum absolute atomic E-state index is 0. The van der Waals surface area contributed by atoms with E-state index >= 15 is 0 Å². The van der Waals surface area contributed by atoms with Gasteiger partial charge in [-0.3, -0.25) is 53.2 Å². The lowest BCUT2D eigenvalue weighted by Crippen LogP contribution is -2.43. The topological polar surface area (TPSA) is 283 Å². The van der Waals surface area contributed by atoms with Crippen molar-refractivity contribution < 1.29 is 59.6 Å². The van der Waals surface area contributed by atoms with E-state index in [4.69, 9.17) is 45.6 Å². The predicted octanol–water partition coefficient (Wildman–Crippen LogP) is 10.4. The zero-order chi connectivity index (χ0) is 72.8. The minimum atomic E-state index is -1.76. The van der Waals surface area contributed by atoms with Crippen molar-refractivity contribution in [2.45, 2.75) is 184 Å². The molecule has 8 aromatic rings. The highest BCUT2D eigenvalue weighted by Crippen LogP contribution is 2.37. The molecule has 16 rings (SSSR count). The number of aromatic nitrogens is 8. The number of rotatable bonds is 11. The molecule has 3 N–H and O–H groups in total. The molecule has 542 valence electrons. The smallest absolute Gasteiger partial charge is 0.461 e. The van der Waals surface area contributed by atoms with Crippen molar-refractivity contribution >= 4 is 113 Å². The number of pyridine rings is 4. The van der Waals surface area contributed by atoms with Gasteiger partial charge in [0.1, 0.15) is 59.3 Å². The first-order valence-electron chi connectivity index (χ1n) is 35.6. The van der Waals surface area contributed by atoms with Gasteiger partial charge in [-0.1, -0.05) is 56.1 Å². The molecule has 0 atom stereocenters. The van der Waals surface area contributed by atoms with Crippen LogP contribution < -0.4 is 25.1 Å². The molecule has 103 heavy (non-hydrogen) atoms. The molecule has 0 spiro atoms. The molecule has 0 saturated heterocycles. The highest BCUT2D eigenvalue weighted by Gasteiger charge is 2.38. The minimum Gasteiger partial charge on any atom is -0.461 e. The van der Waals surface area contributed by atoms with Crippen LogP contribution in [0.25, 0.3) is 0 Å². The van der Waals surface area contributed by atoms with Crippen LogP contribution in [0.5, 0.6) is 0 Å². The van der Waals surface area contributed by atoms with E-state index in [-0.39, 0.29) is 61.9 Å². The molecule has 0 saturated carbocycles. The first kappa shape index (κ1) is 73.8. The fourth-order valence-corrected chi connectivity index (χ4v) is 15.8. The summed E-state index contributed by atoms with van der Waals surface area (Å²) in [6.45, 7) is 9.34. The number of carbonyl (C=O) groups is 7. The summed E-state index contributed by atoms with van der Waals surface area (Å²) in [5, 5.41) is 30.2. The van der Waals surface area contributed by atoms with Crippen molar-refractivity contribution in [3.63, 3.8) is 0 Å². The molecular formula is C75H86BCl3N12O12. The van der Waals surface area contributed by atoms with Gasteiger partial charge in [-0.15, -0.1) is 0 Å². The Bertz CT molecular complexity index is 4590. The van der Waals surface area contributed by atoms with Gasteiger partial charge in [0.25, 0.3) is 23.6 Å². The molecule has 4 aliphatic heterocycles. The molecule has 4 amide bonds. The molecule has 28 heteroatoms. The largest absolute Gasteiger partial charge is 0.489 e. The first-order valence-corrected chi connectivity index (χ1v) is 36.0. The van der Waals surface area contributed by atoms with Crippen LogP contribution in [0.2, 0.25) is 15.1 Å². The van der Waals surface area contributed by atoms with Crippen LogP contribution in [0.4, 0.5) is 23.3 Å². The Kier molecular flexibility index (Phi) is 23.8. The highest BCUT2D eigenvalue weighted by atomic mass is 35.5. The average molecular weight is 1470 g/mol. The van der Waals surface area contributed by atoms with Gasteiger partial charge in [0.2, 0.25) is 0 Å². The quantitative estimate of drug-likeness (QED) is 0.0616. The maximum Gasteiger partial charge on any atom is 0.489 e. The molecule has 0 unspecified atom stereocenters. The molecule has 8 aromatic heterocycles. The zero-order valence-corrected chi connectivity index (χ0v) is 59.7. The molecule has 0 radical (unpaired) electrons. The van der Waals surface area contributed by atoms with Crippen molar-refractivity contribution in [1.29, 1.82) is 0 Å². The summed E-state index contributed by atoms with van der Waals surface area (Å²) in [6.07, 6.45) is 24.4. The molecule has 8 aliphatic rings. The van der Waals surface area contributed by atoms with Crippen LogP contribution in [-0.2, 0) is 116 Å². The maximum atomic E-state index is 13.2. The second-order valence-corrected chi connectivity index (χ2v) is 27.1. The Morgan fingerprint density at radius 1 is 0.485 bits per heavy atom. The van der Waals surface area contributed by atoms with Crippen LogP contribution in [0, 0.1) is 0 Å². The summed E-state index contributed by atoms with van der Waals surface area (Å²) < 4.78 is 24.9. The number of carbonyl (C=O) groups excluding carboxylic acids is 7. The Balaban J connectivity index is 0.000000137. The fraction of sp³-hybridized carbons (Fsp3) is 0.427. The van der Waals surface area contributed by atoms with E-state index in [1.807, 2.05) is 24.3 Å². The van der Waals surface area contributed by atoms with Gasteiger partial charge in [0.15, 0.2) is 6.29 Å².